The lowest BCUT2D eigenvalue weighted by Gasteiger charge is -2.10. The third-order valence-corrected chi connectivity index (χ3v) is 3.78. The molecule has 7 heteroatoms. The highest BCUT2D eigenvalue weighted by molar-refractivity contribution is 6.21. The number of halogens is 2. The van der Waals surface area contributed by atoms with Crippen molar-refractivity contribution in [3.8, 4) is 6.01 Å². The van der Waals surface area contributed by atoms with Gasteiger partial charge in [-0.15, -0.1) is 11.6 Å². The number of carbonyl (C=O) groups is 1. The number of nitrogens with zero attached hydrogens (tertiary/aromatic N) is 1. The number of imidazole rings is 1. The molecule has 5 nitrogen and oxygen atoms in total. The summed E-state index contributed by atoms with van der Waals surface area (Å²) in [6.07, 6.45) is -0.373. The normalized spacial score (nSPS) is 12.3. The second-order valence-electron chi connectivity index (χ2n) is 5.04. The van der Waals surface area contributed by atoms with E-state index in [1.165, 1.54) is 12.1 Å². The summed E-state index contributed by atoms with van der Waals surface area (Å²) in [7, 11) is 0. The van der Waals surface area contributed by atoms with Crippen molar-refractivity contribution in [3.63, 3.8) is 0 Å². The molecule has 3 N–H and O–H groups in total. The Morgan fingerprint density at radius 1 is 1.30 bits per heavy atom. The zero-order valence-corrected chi connectivity index (χ0v) is 12.7. The average Bonchev–Trinajstić information content (AvgIpc) is 2.89. The first-order valence-electron chi connectivity index (χ1n) is 6.87. The van der Waals surface area contributed by atoms with Gasteiger partial charge in [-0.1, -0.05) is 18.2 Å². The number of aromatic nitrogens is 2. The van der Waals surface area contributed by atoms with Crippen LogP contribution in [0.5, 0.6) is 6.01 Å². The van der Waals surface area contributed by atoms with Gasteiger partial charge < -0.3 is 15.5 Å². The Hall–Kier alpha value is -2.60. The Kier molecular flexibility index (Phi) is 4.16. The standard InChI is InChI=1S/C16H13ClFN3O2/c17-12(7-9-1-4-11(18)5-2-9)10-3-6-13-14(8-10)21-16(20-13)23-15(19)22/h1-6,8,12H,7H2,(H2,19,22)(H,20,21). The molecule has 1 atom stereocenters. The first-order valence-corrected chi connectivity index (χ1v) is 7.30. The minimum Gasteiger partial charge on any atom is -0.376 e. The summed E-state index contributed by atoms with van der Waals surface area (Å²) in [5.74, 6) is -0.277. The largest absolute Gasteiger partial charge is 0.412 e. The van der Waals surface area contributed by atoms with Crippen molar-refractivity contribution in [1.29, 1.82) is 0 Å². The highest BCUT2D eigenvalue weighted by Crippen LogP contribution is 2.28. The van der Waals surface area contributed by atoms with Gasteiger partial charge in [0.15, 0.2) is 0 Å². The number of H-pyrrole nitrogens is 1. The molecule has 0 saturated heterocycles. The van der Waals surface area contributed by atoms with Crippen LogP contribution in [0, 0.1) is 5.82 Å². The maximum absolute atomic E-state index is 12.9. The van der Waals surface area contributed by atoms with E-state index in [0.717, 1.165) is 11.1 Å². The smallest absolute Gasteiger partial charge is 0.376 e. The summed E-state index contributed by atoms with van der Waals surface area (Å²) in [6.45, 7) is 0. The maximum atomic E-state index is 12.9. The van der Waals surface area contributed by atoms with Crippen LogP contribution in [0.15, 0.2) is 42.5 Å². The van der Waals surface area contributed by atoms with E-state index in [1.54, 1.807) is 18.2 Å². The van der Waals surface area contributed by atoms with Gasteiger partial charge in [0, 0.05) is 0 Å². The zero-order valence-electron chi connectivity index (χ0n) is 11.9. The molecule has 0 aliphatic rings. The van der Waals surface area contributed by atoms with E-state index in [1.807, 2.05) is 12.1 Å². The zero-order chi connectivity index (χ0) is 16.4. The summed E-state index contributed by atoms with van der Waals surface area (Å²) in [5.41, 5.74) is 8.08. The third kappa shape index (κ3) is 3.60. The Labute approximate surface area is 136 Å². The quantitative estimate of drug-likeness (QED) is 0.714. The average molecular weight is 334 g/mol. The number of ether oxygens (including phenoxy) is 1. The van der Waals surface area contributed by atoms with Crippen molar-refractivity contribution in [2.24, 2.45) is 5.73 Å². The number of nitrogens with one attached hydrogen (secondary N) is 1. The summed E-state index contributed by atoms with van der Waals surface area (Å²) in [6, 6.07) is 11.7. The van der Waals surface area contributed by atoms with Gasteiger partial charge in [0.25, 0.3) is 0 Å². The molecule has 118 valence electrons. The molecule has 0 aliphatic carbocycles. The molecule has 0 bridgehead atoms. The Morgan fingerprint density at radius 2 is 2.04 bits per heavy atom. The predicted molar refractivity (Wildman–Crippen MR) is 85.0 cm³/mol. The molecular weight excluding hydrogens is 321 g/mol. The minimum atomic E-state index is -0.934. The van der Waals surface area contributed by atoms with Gasteiger partial charge in [0.05, 0.1) is 16.4 Å². The lowest BCUT2D eigenvalue weighted by molar-refractivity contribution is 0.207. The molecule has 2 aromatic carbocycles. The van der Waals surface area contributed by atoms with Crippen molar-refractivity contribution >= 4 is 28.7 Å². The predicted octanol–water partition coefficient (Wildman–Crippen LogP) is 3.68. The van der Waals surface area contributed by atoms with Crippen LogP contribution in [-0.4, -0.2) is 16.1 Å². The molecule has 1 heterocycles. The molecule has 0 aliphatic heterocycles. The molecule has 1 unspecified atom stereocenters. The number of rotatable bonds is 4. The van der Waals surface area contributed by atoms with E-state index < -0.39 is 6.09 Å². The fourth-order valence-electron chi connectivity index (χ4n) is 2.29. The van der Waals surface area contributed by atoms with Crippen molar-refractivity contribution in [2.45, 2.75) is 11.8 Å². The molecule has 0 radical (unpaired) electrons. The highest BCUT2D eigenvalue weighted by Gasteiger charge is 2.12. The van der Waals surface area contributed by atoms with Crippen LogP contribution >= 0.6 is 11.6 Å². The summed E-state index contributed by atoms with van der Waals surface area (Å²) >= 11 is 6.44. The lowest BCUT2D eigenvalue weighted by atomic mass is 10.0. The van der Waals surface area contributed by atoms with Crippen LogP contribution in [0.25, 0.3) is 11.0 Å². The lowest BCUT2D eigenvalue weighted by Crippen LogP contribution is -2.16. The van der Waals surface area contributed by atoms with E-state index in [4.69, 9.17) is 22.1 Å². The first-order chi connectivity index (χ1) is 11.0. The number of fused-ring (bicyclic) bond motifs is 1. The van der Waals surface area contributed by atoms with Crippen LogP contribution < -0.4 is 10.5 Å². The van der Waals surface area contributed by atoms with E-state index in [-0.39, 0.29) is 17.2 Å². The number of carbonyl (C=O) groups excluding carboxylic acids is 1. The highest BCUT2D eigenvalue weighted by atomic mass is 35.5. The number of amides is 1. The molecule has 0 spiro atoms. The SMILES string of the molecule is NC(=O)Oc1nc2ccc(C(Cl)Cc3ccc(F)cc3)cc2[nH]1. The van der Waals surface area contributed by atoms with Crippen LogP contribution in [0.3, 0.4) is 0 Å². The molecule has 3 aromatic rings. The van der Waals surface area contributed by atoms with Crippen LogP contribution in [0.1, 0.15) is 16.5 Å². The molecule has 3 rings (SSSR count). The summed E-state index contributed by atoms with van der Waals surface area (Å²) < 4.78 is 17.6. The fourth-order valence-corrected chi connectivity index (χ4v) is 2.60. The topological polar surface area (TPSA) is 81.0 Å². The molecule has 1 aromatic heterocycles. The monoisotopic (exact) mass is 333 g/mol. The summed E-state index contributed by atoms with van der Waals surface area (Å²) in [5, 5.41) is -0.284. The third-order valence-electron chi connectivity index (χ3n) is 3.37. The van der Waals surface area contributed by atoms with Gasteiger partial charge in [0.2, 0.25) is 0 Å². The van der Waals surface area contributed by atoms with Crippen molar-refractivity contribution in [2.75, 3.05) is 0 Å². The molecular formula is C16H13ClFN3O2. The van der Waals surface area contributed by atoms with E-state index in [2.05, 4.69) is 9.97 Å². The number of nitrogens with two attached hydrogens (primary N) is 1. The maximum Gasteiger partial charge on any atom is 0.412 e. The number of aromatic amines is 1. The van der Waals surface area contributed by atoms with Crippen molar-refractivity contribution < 1.29 is 13.9 Å². The van der Waals surface area contributed by atoms with Crippen molar-refractivity contribution in [3.05, 3.63) is 59.4 Å². The van der Waals surface area contributed by atoms with E-state index >= 15 is 0 Å². The second-order valence-corrected chi connectivity index (χ2v) is 5.56. The second kappa shape index (κ2) is 6.26. The number of hydrogen-bond acceptors (Lipinski definition) is 3. The number of benzene rings is 2. The minimum absolute atomic E-state index is 0.0364. The Balaban J connectivity index is 1.81. The Morgan fingerprint density at radius 3 is 2.74 bits per heavy atom. The molecule has 0 fully saturated rings. The molecule has 0 saturated carbocycles. The van der Waals surface area contributed by atoms with Crippen LogP contribution in [-0.2, 0) is 6.42 Å². The van der Waals surface area contributed by atoms with Gasteiger partial charge in [-0.25, -0.2) is 9.18 Å². The van der Waals surface area contributed by atoms with Gasteiger partial charge >= 0.3 is 12.1 Å². The van der Waals surface area contributed by atoms with Crippen LogP contribution in [0.4, 0.5) is 9.18 Å². The van der Waals surface area contributed by atoms with Gasteiger partial charge in [-0.3, -0.25) is 0 Å². The Bertz CT molecular complexity index is 848. The van der Waals surface area contributed by atoms with Gasteiger partial charge in [0.1, 0.15) is 5.82 Å². The van der Waals surface area contributed by atoms with Gasteiger partial charge in [-0.05, 0) is 41.8 Å². The molecule has 23 heavy (non-hydrogen) atoms. The number of hydrogen-bond donors (Lipinski definition) is 2. The van der Waals surface area contributed by atoms with Gasteiger partial charge in [-0.2, -0.15) is 4.98 Å². The van der Waals surface area contributed by atoms with E-state index in [0.29, 0.717) is 17.5 Å². The first kappa shape index (κ1) is 15.3. The number of primary amides is 1. The van der Waals surface area contributed by atoms with E-state index in [9.17, 15) is 9.18 Å². The van der Waals surface area contributed by atoms with Crippen LogP contribution in [0.2, 0.25) is 0 Å². The summed E-state index contributed by atoms with van der Waals surface area (Å²) in [4.78, 5) is 17.7. The fraction of sp³-hybridized carbons (Fsp3) is 0.125. The molecule has 1 amide bonds. The van der Waals surface area contributed by atoms with Crippen molar-refractivity contribution in [1.82, 2.24) is 9.97 Å². The number of alkyl halides is 1.